The molecule has 0 aromatic heterocycles. The molecule has 6 heteroatoms. The van der Waals surface area contributed by atoms with Crippen molar-refractivity contribution in [3.05, 3.63) is 29.8 Å². The number of benzene rings is 1. The fourth-order valence-electron chi connectivity index (χ4n) is 2.64. The molecular formula is C16H24ClNO3S. The summed E-state index contributed by atoms with van der Waals surface area (Å²) in [6, 6.07) is 7.92. The quantitative estimate of drug-likeness (QED) is 0.700. The molecule has 1 saturated carbocycles. The first kappa shape index (κ1) is 17.6. The van der Waals surface area contributed by atoms with E-state index >= 15 is 0 Å². The number of ether oxygens (including phenoxy) is 1. The van der Waals surface area contributed by atoms with Gasteiger partial charge in [-0.2, -0.15) is 0 Å². The van der Waals surface area contributed by atoms with Crippen molar-refractivity contribution >= 4 is 21.6 Å². The molecule has 0 spiro atoms. The fraction of sp³-hybridized carbons (Fsp3) is 0.625. The Balaban J connectivity index is 1.80. The summed E-state index contributed by atoms with van der Waals surface area (Å²) in [4.78, 5) is 0. The molecule has 124 valence electrons. The Morgan fingerprint density at radius 1 is 1.27 bits per heavy atom. The van der Waals surface area contributed by atoms with E-state index in [1.807, 2.05) is 24.3 Å². The van der Waals surface area contributed by atoms with Crippen molar-refractivity contribution in [1.29, 1.82) is 0 Å². The summed E-state index contributed by atoms with van der Waals surface area (Å²) in [5.41, 5.74) is 1.08. The van der Waals surface area contributed by atoms with Gasteiger partial charge in [0.15, 0.2) is 0 Å². The number of rotatable bonds is 9. The molecule has 0 unspecified atom stereocenters. The maximum Gasteiger partial charge on any atom is 0.211 e. The molecule has 0 heterocycles. The van der Waals surface area contributed by atoms with E-state index in [0.717, 1.165) is 24.2 Å². The Kier molecular flexibility index (Phi) is 6.99. The number of halogens is 1. The molecule has 0 atom stereocenters. The van der Waals surface area contributed by atoms with Gasteiger partial charge in [-0.25, -0.2) is 13.1 Å². The third kappa shape index (κ3) is 6.15. The maximum atomic E-state index is 11.7. The van der Waals surface area contributed by atoms with E-state index in [1.165, 1.54) is 12.8 Å². The second kappa shape index (κ2) is 8.75. The minimum Gasteiger partial charge on any atom is -0.490 e. The zero-order valence-electron chi connectivity index (χ0n) is 12.8. The molecule has 0 aliphatic heterocycles. The second-order valence-electron chi connectivity index (χ2n) is 5.68. The first-order valence-corrected chi connectivity index (χ1v) is 10.1. The van der Waals surface area contributed by atoms with E-state index in [0.29, 0.717) is 31.4 Å². The van der Waals surface area contributed by atoms with Crippen LogP contribution in [0.5, 0.6) is 5.75 Å². The van der Waals surface area contributed by atoms with E-state index < -0.39 is 10.0 Å². The highest BCUT2D eigenvalue weighted by molar-refractivity contribution is 7.89. The zero-order valence-corrected chi connectivity index (χ0v) is 14.3. The van der Waals surface area contributed by atoms with Gasteiger partial charge in [0.25, 0.3) is 0 Å². The maximum absolute atomic E-state index is 11.7. The average Bonchev–Trinajstić information content (AvgIpc) is 2.98. The van der Waals surface area contributed by atoms with Gasteiger partial charge in [-0.05, 0) is 56.2 Å². The van der Waals surface area contributed by atoms with E-state index in [9.17, 15) is 8.42 Å². The minimum absolute atomic E-state index is 0.0847. The molecule has 2 rings (SSSR count). The van der Waals surface area contributed by atoms with Crippen LogP contribution in [0.3, 0.4) is 0 Å². The summed E-state index contributed by atoms with van der Waals surface area (Å²) < 4.78 is 31.9. The average molecular weight is 346 g/mol. The molecule has 1 aromatic rings. The lowest BCUT2D eigenvalue weighted by molar-refractivity contribution is 0.210. The molecule has 22 heavy (non-hydrogen) atoms. The molecule has 1 aliphatic rings. The van der Waals surface area contributed by atoms with Crippen LogP contribution in [0.25, 0.3) is 0 Å². The van der Waals surface area contributed by atoms with Crippen molar-refractivity contribution in [2.75, 3.05) is 18.2 Å². The second-order valence-corrected chi connectivity index (χ2v) is 7.98. The van der Waals surface area contributed by atoms with Gasteiger partial charge < -0.3 is 4.74 Å². The van der Waals surface area contributed by atoms with Crippen molar-refractivity contribution in [3.8, 4) is 5.75 Å². The van der Waals surface area contributed by atoms with Crippen LogP contribution >= 0.6 is 11.6 Å². The summed E-state index contributed by atoms with van der Waals surface area (Å²) in [5.74, 6) is 1.33. The summed E-state index contributed by atoms with van der Waals surface area (Å²) in [7, 11) is -3.21. The van der Waals surface area contributed by atoms with Gasteiger partial charge in [0.2, 0.25) is 10.0 Å². The highest BCUT2D eigenvalue weighted by atomic mass is 35.5. The van der Waals surface area contributed by atoms with Crippen LogP contribution in [0, 0.1) is 0 Å². The monoisotopic (exact) mass is 345 g/mol. The van der Waals surface area contributed by atoms with Gasteiger partial charge in [-0.1, -0.05) is 12.1 Å². The summed E-state index contributed by atoms with van der Waals surface area (Å²) in [6.07, 6.45) is 6.21. The molecule has 1 fully saturated rings. The van der Waals surface area contributed by atoms with Crippen molar-refractivity contribution in [3.63, 3.8) is 0 Å². The van der Waals surface area contributed by atoms with Crippen LogP contribution in [-0.4, -0.2) is 32.7 Å². The van der Waals surface area contributed by atoms with E-state index in [1.54, 1.807) is 0 Å². The number of hydrogen-bond acceptors (Lipinski definition) is 3. The predicted molar refractivity (Wildman–Crippen MR) is 90.2 cm³/mol. The summed E-state index contributed by atoms with van der Waals surface area (Å²) in [5, 5.41) is 0. The van der Waals surface area contributed by atoms with Crippen LogP contribution in [0.15, 0.2) is 24.3 Å². The lowest BCUT2D eigenvalue weighted by Gasteiger charge is -2.14. The van der Waals surface area contributed by atoms with Crippen LogP contribution in [-0.2, 0) is 16.4 Å². The first-order chi connectivity index (χ1) is 10.6. The van der Waals surface area contributed by atoms with E-state index in [2.05, 4.69) is 4.72 Å². The first-order valence-electron chi connectivity index (χ1n) is 7.88. The van der Waals surface area contributed by atoms with Gasteiger partial charge in [-0.3, -0.25) is 0 Å². The molecule has 1 aromatic carbocycles. The molecule has 0 saturated heterocycles. The lowest BCUT2D eigenvalue weighted by Crippen LogP contribution is -2.28. The van der Waals surface area contributed by atoms with Gasteiger partial charge in [0.1, 0.15) is 5.75 Å². The number of sulfonamides is 1. The molecule has 0 amide bonds. The Labute approximate surface area is 138 Å². The van der Waals surface area contributed by atoms with Gasteiger partial charge in [0.05, 0.1) is 11.9 Å². The SMILES string of the molecule is O=S(=O)(CCCCl)NCCc1cccc(OC2CCCC2)c1. The van der Waals surface area contributed by atoms with Crippen LogP contribution in [0.1, 0.15) is 37.7 Å². The number of nitrogens with one attached hydrogen (secondary N) is 1. The lowest BCUT2D eigenvalue weighted by atomic mass is 10.1. The standard InChI is InChI=1S/C16H24ClNO3S/c17-10-4-12-22(19,20)18-11-9-14-5-3-8-16(13-14)21-15-6-1-2-7-15/h3,5,8,13,15,18H,1-2,4,6-7,9-12H2. The molecule has 1 N–H and O–H groups in total. The molecular weight excluding hydrogens is 322 g/mol. The fourth-order valence-corrected chi connectivity index (χ4v) is 4.01. The summed E-state index contributed by atoms with van der Waals surface area (Å²) >= 11 is 5.52. The van der Waals surface area contributed by atoms with Crippen LogP contribution in [0.4, 0.5) is 0 Å². The minimum atomic E-state index is -3.21. The van der Waals surface area contributed by atoms with Crippen molar-refractivity contribution < 1.29 is 13.2 Å². The topological polar surface area (TPSA) is 55.4 Å². The Hall–Kier alpha value is -0.780. The molecule has 4 nitrogen and oxygen atoms in total. The van der Waals surface area contributed by atoms with Crippen LogP contribution in [0.2, 0.25) is 0 Å². The van der Waals surface area contributed by atoms with E-state index in [4.69, 9.17) is 16.3 Å². The Morgan fingerprint density at radius 3 is 2.77 bits per heavy atom. The summed E-state index contributed by atoms with van der Waals surface area (Å²) in [6.45, 7) is 0.400. The largest absolute Gasteiger partial charge is 0.490 e. The number of hydrogen-bond donors (Lipinski definition) is 1. The Bertz CT molecular complexity index is 556. The highest BCUT2D eigenvalue weighted by Crippen LogP contribution is 2.24. The van der Waals surface area contributed by atoms with Crippen molar-refractivity contribution in [2.24, 2.45) is 0 Å². The molecule has 1 aliphatic carbocycles. The third-order valence-electron chi connectivity index (χ3n) is 3.79. The predicted octanol–water partition coefficient (Wildman–Crippen LogP) is 3.10. The number of alkyl halides is 1. The van der Waals surface area contributed by atoms with Crippen LogP contribution < -0.4 is 9.46 Å². The van der Waals surface area contributed by atoms with E-state index in [-0.39, 0.29) is 5.75 Å². The van der Waals surface area contributed by atoms with Crippen molar-refractivity contribution in [2.45, 2.75) is 44.6 Å². The van der Waals surface area contributed by atoms with Gasteiger partial charge in [0, 0.05) is 12.4 Å². The van der Waals surface area contributed by atoms with Crippen molar-refractivity contribution in [1.82, 2.24) is 4.72 Å². The Morgan fingerprint density at radius 2 is 2.05 bits per heavy atom. The zero-order chi connectivity index (χ0) is 15.8. The van der Waals surface area contributed by atoms with Gasteiger partial charge in [-0.15, -0.1) is 11.6 Å². The molecule has 0 radical (unpaired) electrons. The normalized spacial score (nSPS) is 16.0. The third-order valence-corrected chi connectivity index (χ3v) is 5.52. The smallest absolute Gasteiger partial charge is 0.211 e. The highest BCUT2D eigenvalue weighted by Gasteiger charge is 2.16. The molecule has 0 bridgehead atoms. The van der Waals surface area contributed by atoms with Gasteiger partial charge >= 0.3 is 0 Å².